The fourth-order valence-electron chi connectivity index (χ4n) is 3.67. The van der Waals surface area contributed by atoms with Crippen LogP contribution in [0.3, 0.4) is 0 Å². The van der Waals surface area contributed by atoms with Crippen LogP contribution in [0.2, 0.25) is 0 Å². The third-order valence-electron chi connectivity index (χ3n) is 5.43. The second kappa shape index (κ2) is 10.8. The van der Waals surface area contributed by atoms with Crippen LogP contribution in [0.4, 0.5) is 11.8 Å². The Bertz CT molecular complexity index is 992. The highest BCUT2D eigenvalue weighted by atomic mass is 16.5. The van der Waals surface area contributed by atoms with Crippen molar-refractivity contribution in [3.05, 3.63) is 35.2 Å². The van der Waals surface area contributed by atoms with Crippen LogP contribution in [0.1, 0.15) is 57.4 Å². The maximum absolute atomic E-state index is 10.5. The minimum absolute atomic E-state index is 0.0633. The van der Waals surface area contributed by atoms with E-state index in [9.17, 15) is 10.2 Å². The van der Waals surface area contributed by atoms with Crippen molar-refractivity contribution in [3.8, 4) is 17.7 Å². The summed E-state index contributed by atoms with van der Waals surface area (Å²) in [4.78, 5) is 13.6. The van der Waals surface area contributed by atoms with Gasteiger partial charge in [-0.15, -0.1) is 0 Å². The number of aryl methyl sites for hydroxylation is 1. The van der Waals surface area contributed by atoms with E-state index in [2.05, 4.69) is 53.2 Å². The van der Waals surface area contributed by atoms with Crippen LogP contribution in [0.5, 0.6) is 5.88 Å². The number of nitrogens with zero attached hydrogens (tertiary/aromatic N) is 3. The van der Waals surface area contributed by atoms with E-state index in [0.29, 0.717) is 49.2 Å². The van der Waals surface area contributed by atoms with Crippen LogP contribution >= 0.6 is 0 Å². The zero-order valence-electron chi connectivity index (χ0n) is 20.1. The fraction of sp³-hybridized carbons (Fsp3) is 0.560. The van der Waals surface area contributed by atoms with Crippen molar-refractivity contribution >= 4 is 11.8 Å². The Labute approximate surface area is 196 Å². The average molecular weight is 454 g/mol. The molecule has 8 heteroatoms. The van der Waals surface area contributed by atoms with Crippen molar-refractivity contribution in [2.24, 2.45) is 11.3 Å². The lowest BCUT2D eigenvalue weighted by Crippen LogP contribution is -2.29. The summed E-state index contributed by atoms with van der Waals surface area (Å²) in [5.41, 5.74) is 2.23. The van der Waals surface area contributed by atoms with Crippen LogP contribution in [-0.4, -0.2) is 57.1 Å². The molecule has 0 radical (unpaired) electrons. The van der Waals surface area contributed by atoms with E-state index >= 15 is 0 Å². The van der Waals surface area contributed by atoms with Crippen molar-refractivity contribution < 1.29 is 14.9 Å². The molecule has 0 spiro atoms. The molecular formula is C25H35N5O3. The molecule has 1 aliphatic carbocycles. The largest absolute Gasteiger partial charge is 0.478 e. The minimum Gasteiger partial charge on any atom is -0.478 e. The normalized spacial score (nSPS) is 20.2. The molecule has 3 rings (SSSR count). The van der Waals surface area contributed by atoms with Gasteiger partial charge in [-0.3, -0.25) is 0 Å². The summed E-state index contributed by atoms with van der Waals surface area (Å²) in [7, 11) is 0. The monoisotopic (exact) mass is 453 g/mol. The van der Waals surface area contributed by atoms with E-state index in [4.69, 9.17) is 9.72 Å². The van der Waals surface area contributed by atoms with Gasteiger partial charge < -0.3 is 25.6 Å². The fourth-order valence-corrected chi connectivity index (χ4v) is 3.67. The third-order valence-corrected chi connectivity index (χ3v) is 5.43. The van der Waals surface area contributed by atoms with Gasteiger partial charge in [0.25, 0.3) is 0 Å². The number of pyridine rings is 1. The Kier molecular flexibility index (Phi) is 8.11. The Morgan fingerprint density at radius 3 is 2.58 bits per heavy atom. The summed E-state index contributed by atoms with van der Waals surface area (Å²) < 4.78 is 5.39. The second-order valence-corrected chi connectivity index (χ2v) is 9.68. The van der Waals surface area contributed by atoms with Crippen LogP contribution in [0.25, 0.3) is 0 Å². The molecule has 0 saturated heterocycles. The first-order valence-corrected chi connectivity index (χ1v) is 11.5. The molecule has 2 aromatic rings. The molecule has 33 heavy (non-hydrogen) atoms. The standard InChI is InChI=1S/C25H35N5O3/c1-6-33-22-10-8-17(13-26-22)7-9-19-16(2)28-24(27-15-25(3,4)5)30-23(19)29-20-11-18(14-31)12-21(20)32/h8,10,13,18,20-21,31-32H,6,11-12,14-15H2,1-5H3,(H2,27,28,29,30)/t18-,20+,21+/m0/s1. The Hall–Kier alpha value is -2.89. The smallest absolute Gasteiger partial charge is 0.224 e. The number of anilines is 2. The average Bonchev–Trinajstić information content (AvgIpc) is 3.12. The predicted octanol–water partition coefficient (Wildman–Crippen LogP) is 2.98. The van der Waals surface area contributed by atoms with Crippen LogP contribution in [0, 0.1) is 30.1 Å². The zero-order valence-corrected chi connectivity index (χ0v) is 20.1. The summed E-state index contributed by atoms with van der Waals surface area (Å²) in [6.45, 7) is 11.6. The highest BCUT2D eigenvalue weighted by Gasteiger charge is 2.33. The third kappa shape index (κ3) is 7.04. The summed E-state index contributed by atoms with van der Waals surface area (Å²) in [5, 5.41) is 26.7. The molecule has 8 nitrogen and oxygen atoms in total. The van der Waals surface area contributed by atoms with Crippen LogP contribution < -0.4 is 15.4 Å². The topological polar surface area (TPSA) is 112 Å². The lowest BCUT2D eigenvalue weighted by molar-refractivity contribution is 0.157. The van der Waals surface area contributed by atoms with Crippen LogP contribution in [0.15, 0.2) is 18.3 Å². The van der Waals surface area contributed by atoms with Gasteiger partial charge in [0.05, 0.1) is 30.0 Å². The number of aromatic nitrogens is 3. The van der Waals surface area contributed by atoms with Gasteiger partial charge in [0.1, 0.15) is 5.82 Å². The minimum atomic E-state index is -0.556. The van der Waals surface area contributed by atoms with Crippen molar-refractivity contribution in [1.82, 2.24) is 15.0 Å². The molecule has 178 valence electrons. The van der Waals surface area contributed by atoms with Crippen molar-refractivity contribution in [2.45, 2.75) is 59.6 Å². The maximum atomic E-state index is 10.5. The van der Waals surface area contributed by atoms with Gasteiger partial charge in [0.2, 0.25) is 11.8 Å². The molecule has 3 atom stereocenters. The molecule has 0 amide bonds. The highest BCUT2D eigenvalue weighted by Crippen LogP contribution is 2.29. The Morgan fingerprint density at radius 1 is 1.18 bits per heavy atom. The second-order valence-electron chi connectivity index (χ2n) is 9.68. The number of ether oxygens (including phenoxy) is 1. The highest BCUT2D eigenvalue weighted by molar-refractivity contribution is 5.60. The molecule has 2 heterocycles. The Balaban J connectivity index is 1.90. The van der Waals surface area contributed by atoms with Gasteiger partial charge >= 0.3 is 0 Å². The number of rotatable bonds is 7. The quantitative estimate of drug-likeness (QED) is 0.474. The number of nitrogens with one attached hydrogen (secondary N) is 2. The lowest BCUT2D eigenvalue weighted by atomic mass is 9.97. The van der Waals surface area contributed by atoms with Crippen LogP contribution in [-0.2, 0) is 0 Å². The maximum Gasteiger partial charge on any atom is 0.224 e. The van der Waals surface area contributed by atoms with Gasteiger partial charge in [-0.05, 0) is 44.1 Å². The molecule has 1 saturated carbocycles. The number of hydrogen-bond acceptors (Lipinski definition) is 8. The van der Waals surface area contributed by atoms with E-state index in [0.717, 1.165) is 11.3 Å². The first-order chi connectivity index (χ1) is 15.7. The zero-order chi connectivity index (χ0) is 24.0. The summed E-state index contributed by atoms with van der Waals surface area (Å²) in [6.07, 6.45) is 2.35. The van der Waals surface area contributed by atoms with E-state index in [1.807, 2.05) is 19.9 Å². The first-order valence-electron chi connectivity index (χ1n) is 11.5. The molecular weight excluding hydrogens is 418 g/mol. The number of aliphatic hydroxyl groups is 2. The molecule has 4 N–H and O–H groups in total. The van der Waals surface area contributed by atoms with Crippen molar-refractivity contribution in [3.63, 3.8) is 0 Å². The van der Waals surface area contributed by atoms with Gasteiger partial charge in [-0.2, -0.15) is 4.98 Å². The molecule has 0 bridgehead atoms. The van der Waals surface area contributed by atoms with Crippen molar-refractivity contribution in [2.75, 3.05) is 30.4 Å². The molecule has 0 aliphatic heterocycles. The summed E-state index contributed by atoms with van der Waals surface area (Å²) >= 11 is 0. The molecule has 1 fully saturated rings. The van der Waals surface area contributed by atoms with Gasteiger partial charge in [-0.25, -0.2) is 9.97 Å². The van der Waals surface area contributed by atoms with Crippen molar-refractivity contribution in [1.29, 1.82) is 0 Å². The molecule has 2 aromatic heterocycles. The first kappa shape index (κ1) is 24.7. The van der Waals surface area contributed by atoms with E-state index in [1.54, 1.807) is 12.3 Å². The summed E-state index contributed by atoms with van der Waals surface area (Å²) in [5.74, 6) is 8.05. The molecule has 0 unspecified atom stereocenters. The molecule has 0 aromatic carbocycles. The lowest BCUT2D eigenvalue weighted by Gasteiger charge is -2.21. The van der Waals surface area contributed by atoms with Gasteiger partial charge in [-0.1, -0.05) is 32.6 Å². The summed E-state index contributed by atoms with van der Waals surface area (Å²) in [6, 6.07) is 3.44. The van der Waals surface area contributed by atoms with E-state index in [1.165, 1.54) is 0 Å². The number of hydrogen-bond donors (Lipinski definition) is 4. The van der Waals surface area contributed by atoms with Gasteiger partial charge in [0.15, 0.2) is 0 Å². The Morgan fingerprint density at radius 2 is 1.97 bits per heavy atom. The van der Waals surface area contributed by atoms with E-state index in [-0.39, 0.29) is 24.0 Å². The predicted molar refractivity (Wildman–Crippen MR) is 129 cm³/mol. The SMILES string of the molecule is CCOc1ccc(C#Cc2c(C)nc(NCC(C)(C)C)nc2N[C@@H]2C[C@H](CO)C[C@H]2O)cn1. The number of aliphatic hydroxyl groups excluding tert-OH is 2. The molecule has 1 aliphatic rings. The van der Waals surface area contributed by atoms with Gasteiger partial charge in [0, 0.05) is 31.0 Å². The van der Waals surface area contributed by atoms with E-state index < -0.39 is 6.10 Å².